The first kappa shape index (κ1) is 21.9. The maximum absolute atomic E-state index is 12.7. The number of carbonyl (C=O) groups excluding carboxylic acids is 2. The normalized spacial score (nSPS) is 10.8. The molecular formula is C21H30N4O2S. The van der Waals surface area contributed by atoms with Crippen LogP contribution in [0.25, 0.3) is 0 Å². The number of aromatic nitrogens is 1. The van der Waals surface area contributed by atoms with E-state index < -0.39 is 0 Å². The third kappa shape index (κ3) is 6.05. The van der Waals surface area contributed by atoms with Crippen LogP contribution in [0.5, 0.6) is 0 Å². The van der Waals surface area contributed by atoms with Crippen molar-refractivity contribution in [1.29, 1.82) is 0 Å². The predicted molar refractivity (Wildman–Crippen MR) is 115 cm³/mol. The van der Waals surface area contributed by atoms with E-state index in [1.807, 2.05) is 49.1 Å². The van der Waals surface area contributed by atoms with Crippen LogP contribution in [0.1, 0.15) is 56.0 Å². The van der Waals surface area contributed by atoms with Crippen molar-refractivity contribution in [2.75, 3.05) is 18.4 Å². The van der Waals surface area contributed by atoms with Crippen molar-refractivity contribution in [1.82, 2.24) is 14.8 Å². The molecule has 0 aliphatic carbocycles. The van der Waals surface area contributed by atoms with Gasteiger partial charge in [0.25, 0.3) is 5.91 Å². The molecule has 2 rings (SSSR count). The summed E-state index contributed by atoms with van der Waals surface area (Å²) in [5.74, 6) is -0.0314. The molecule has 0 saturated heterocycles. The summed E-state index contributed by atoms with van der Waals surface area (Å²) < 4.78 is 0. The molecule has 7 heteroatoms. The van der Waals surface area contributed by atoms with Crippen LogP contribution in [0, 0.1) is 0 Å². The smallest absolute Gasteiger partial charge is 0.322 e. The van der Waals surface area contributed by atoms with Crippen LogP contribution in [0.4, 0.5) is 10.5 Å². The molecule has 1 aromatic carbocycles. The first-order chi connectivity index (χ1) is 13.5. The Labute approximate surface area is 171 Å². The third-order valence-corrected chi connectivity index (χ3v) is 5.09. The molecule has 0 radical (unpaired) electrons. The van der Waals surface area contributed by atoms with Crippen LogP contribution in [-0.2, 0) is 6.54 Å². The van der Waals surface area contributed by atoms with Crippen molar-refractivity contribution < 1.29 is 9.59 Å². The summed E-state index contributed by atoms with van der Waals surface area (Å²) in [6, 6.07) is 9.20. The van der Waals surface area contributed by atoms with Gasteiger partial charge in [0.1, 0.15) is 10.7 Å². The number of hydrogen-bond donors (Lipinski definition) is 1. The zero-order chi connectivity index (χ0) is 20.5. The molecule has 2 aromatic rings. The van der Waals surface area contributed by atoms with Gasteiger partial charge in [-0.3, -0.25) is 4.79 Å². The van der Waals surface area contributed by atoms with Crippen molar-refractivity contribution >= 4 is 29.0 Å². The Kier molecular flexibility index (Phi) is 8.44. The van der Waals surface area contributed by atoms with E-state index in [1.54, 1.807) is 10.3 Å². The number of nitrogens with zero attached hydrogens (tertiary/aromatic N) is 3. The number of urea groups is 1. The van der Waals surface area contributed by atoms with E-state index in [0.29, 0.717) is 12.2 Å². The Morgan fingerprint density at radius 2 is 1.75 bits per heavy atom. The molecule has 0 aliphatic rings. The second-order valence-electron chi connectivity index (χ2n) is 6.94. The molecule has 1 heterocycles. The van der Waals surface area contributed by atoms with E-state index in [9.17, 15) is 9.59 Å². The fourth-order valence-electron chi connectivity index (χ4n) is 2.85. The molecule has 0 saturated carbocycles. The van der Waals surface area contributed by atoms with E-state index in [-0.39, 0.29) is 18.0 Å². The maximum Gasteiger partial charge on any atom is 0.322 e. The summed E-state index contributed by atoms with van der Waals surface area (Å²) in [5, 5.41) is 5.47. The van der Waals surface area contributed by atoms with E-state index in [2.05, 4.69) is 24.1 Å². The molecule has 0 atom stereocenters. The Morgan fingerprint density at radius 1 is 1.11 bits per heavy atom. The highest BCUT2D eigenvalue weighted by molar-refractivity contribution is 7.09. The molecule has 0 fully saturated rings. The topological polar surface area (TPSA) is 65.5 Å². The number of anilines is 1. The number of thiazole rings is 1. The third-order valence-electron chi connectivity index (χ3n) is 4.26. The summed E-state index contributed by atoms with van der Waals surface area (Å²) in [5.41, 5.74) is 1.22. The quantitative estimate of drug-likeness (QED) is 0.652. The minimum atomic E-state index is -0.178. The predicted octanol–water partition coefficient (Wildman–Crippen LogP) is 4.85. The number of benzene rings is 1. The number of carbonyl (C=O) groups is 2. The molecule has 6 nitrogen and oxygen atoms in total. The number of nitrogens with one attached hydrogen (secondary N) is 1. The van der Waals surface area contributed by atoms with Crippen molar-refractivity contribution in [3.05, 3.63) is 46.4 Å². The number of hydrogen-bond acceptors (Lipinski definition) is 4. The average molecular weight is 403 g/mol. The first-order valence-electron chi connectivity index (χ1n) is 9.82. The number of para-hydroxylation sites is 1. The molecule has 0 bridgehead atoms. The van der Waals surface area contributed by atoms with Crippen molar-refractivity contribution in [2.24, 2.45) is 0 Å². The van der Waals surface area contributed by atoms with Gasteiger partial charge in [0.05, 0.1) is 6.54 Å². The lowest BCUT2D eigenvalue weighted by Gasteiger charge is -2.26. The van der Waals surface area contributed by atoms with Crippen LogP contribution >= 0.6 is 11.3 Å². The van der Waals surface area contributed by atoms with Crippen LogP contribution in [0.3, 0.4) is 0 Å². The molecule has 0 spiro atoms. The van der Waals surface area contributed by atoms with Gasteiger partial charge in [-0.15, -0.1) is 11.3 Å². The second kappa shape index (κ2) is 10.8. The molecule has 0 aliphatic heterocycles. The highest BCUT2D eigenvalue weighted by Gasteiger charge is 2.22. The monoisotopic (exact) mass is 402 g/mol. The highest BCUT2D eigenvalue weighted by atomic mass is 32.1. The molecule has 1 N–H and O–H groups in total. The fourth-order valence-corrected chi connectivity index (χ4v) is 3.62. The zero-order valence-electron chi connectivity index (χ0n) is 17.1. The van der Waals surface area contributed by atoms with Gasteiger partial charge in [0.2, 0.25) is 0 Å². The Hall–Kier alpha value is -2.41. The molecule has 0 unspecified atom stereocenters. The Morgan fingerprint density at radius 3 is 2.32 bits per heavy atom. The standard InChI is InChI=1S/C21H30N4O2S/c1-5-12-24(13-6-2)20(26)18-15-28-19(23-18)14-25(16(3)4)21(27)22-17-10-8-7-9-11-17/h7-11,15-16H,5-6,12-14H2,1-4H3,(H,22,27). The minimum absolute atomic E-state index is 0.00319. The van der Waals surface area contributed by atoms with Gasteiger partial charge in [-0.2, -0.15) is 0 Å². The van der Waals surface area contributed by atoms with Crippen LogP contribution in [0.2, 0.25) is 0 Å². The van der Waals surface area contributed by atoms with Gasteiger partial charge in [0.15, 0.2) is 0 Å². The summed E-state index contributed by atoms with van der Waals surface area (Å²) in [4.78, 5) is 33.5. The fraction of sp³-hybridized carbons (Fsp3) is 0.476. The van der Waals surface area contributed by atoms with E-state index in [0.717, 1.165) is 36.6 Å². The second-order valence-corrected chi connectivity index (χ2v) is 7.88. The van der Waals surface area contributed by atoms with Crippen LogP contribution in [0.15, 0.2) is 35.7 Å². The first-order valence-corrected chi connectivity index (χ1v) is 10.7. The maximum atomic E-state index is 12.7. The molecule has 3 amide bonds. The average Bonchev–Trinajstić information content (AvgIpc) is 3.14. The molecule has 152 valence electrons. The summed E-state index contributed by atoms with van der Waals surface area (Å²) >= 11 is 1.42. The van der Waals surface area contributed by atoms with E-state index in [4.69, 9.17) is 0 Å². The van der Waals surface area contributed by atoms with Gasteiger partial charge < -0.3 is 15.1 Å². The van der Waals surface area contributed by atoms with Crippen molar-refractivity contribution in [2.45, 2.75) is 53.1 Å². The Bertz CT molecular complexity index is 755. The molecular weight excluding hydrogens is 372 g/mol. The SMILES string of the molecule is CCCN(CCC)C(=O)c1csc(CN(C(=O)Nc2ccccc2)C(C)C)n1. The molecule has 28 heavy (non-hydrogen) atoms. The van der Waals surface area contributed by atoms with Crippen LogP contribution < -0.4 is 5.32 Å². The van der Waals surface area contributed by atoms with E-state index >= 15 is 0 Å². The molecule has 1 aromatic heterocycles. The lowest BCUT2D eigenvalue weighted by Crippen LogP contribution is -2.39. The number of rotatable bonds is 9. The Balaban J connectivity index is 2.07. The van der Waals surface area contributed by atoms with E-state index in [1.165, 1.54) is 11.3 Å². The summed E-state index contributed by atoms with van der Waals surface area (Å²) in [6.45, 7) is 9.90. The lowest BCUT2D eigenvalue weighted by atomic mass is 10.3. The lowest BCUT2D eigenvalue weighted by molar-refractivity contribution is 0.0750. The van der Waals surface area contributed by atoms with Gasteiger partial charge in [-0.1, -0.05) is 32.0 Å². The van der Waals surface area contributed by atoms with Crippen LogP contribution in [-0.4, -0.2) is 45.9 Å². The minimum Gasteiger partial charge on any atom is -0.337 e. The zero-order valence-corrected chi connectivity index (χ0v) is 18.0. The van der Waals surface area contributed by atoms with Gasteiger partial charge in [0, 0.05) is 30.2 Å². The summed E-state index contributed by atoms with van der Waals surface area (Å²) in [7, 11) is 0. The number of amides is 3. The largest absolute Gasteiger partial charge is 0.337 e. The van der Waals surface area contributed by atoms with Gasteiger partial charge in [-0.05, 0) is 38.8 Å². The highest BCUT2D eigenvalue weighted by Crippen LogP contribution is 2.17. The summed E-state index contributed by atoms with van der Waals surface area (Å²) in [6.07, 6.45) is 1.84. The van der Waals surface area contributed by atoms with Crippen molar-refractivity contribution in [3.63, 3.8) is 0 Å². The van der Waals surface area contributed by atoms with Crippen molar-refractivity contribution in [3.8, 4) is 0 Å². The van der Waals surface area contributed by atoms with Gasteiger partial charge in [-0.25, -0.2) is 9.78 Å². The van der Waals surface area contributed by atoms with Gasteiger partial charge >= 0.3 is 6.03 Å².